The molecule has 0 saturated carbocycles. The van der Waals surface area contributed by atoms with E-state index in [1.165, 1.54) is 24.2 Å². The molecule has 0 spiro atoms. The summed E-state index contributed by atoms with van der Waals surface area (Å²) >= 11 is 6.64. The van der Waals surface area contributed by atoms with Gasteiger partial charge in [0.25, 0.3) is 0 Å². The molecule has 1 aromatic heterocycles. The highest BCUT2D eigenvalue weighted by molar-refractivity contribution is 7.73. The molecule has 1 aliphatic heterocycles. The molecular weight excluding hydrogens is 304 g/mol. The van der Waals surface area contributed by atoms with Crippen LogP contribution >= 0.6 is 23.6 Å². The van der Waals surface area contributed by atoms with Gasteiger partial charge in [0, 0.05) is 25.8 Å². The largest absolute Gasteiger partial charge is 0.337 e. The summed E-state index contributed by atoms with van der Waals surface area (Å²) in [5.41, 5.74) is 1.82. The SMILES string of the molecule is CN(CC(=O)Nc1ccc2[nH]c(=S)sc2c1)N1CCCC1. The fourth-order valence-corrected chi connectivity index (χ4v) is 3.73. The lowest BCUT2D eigenvalue weighted by Gasteiger charge is -2.26. The maximum absolute atomic E-state index is 12.1. The first-order valence-electron chi connectivity index (χ1n) is 7.00. The third kappa shape index (κ3) is 3.49. The van der Waals surface area contributed by atoms with Crippen molar-refractivity contribution < 1.29 is 4.79 Å². The summed E-state index contributed by atoms with van der Waals surface area (Å²) in [6.07, 6.45) is 2.42. The van der Waals surface area contributed by atoms with Gasteiger partial charge in [-0.1, -0.05) is 0 Å². The average Bonchev–Trinajstić information content (AvgIpc) is 3.05. The number of hydrogen-bond donors (Lipinski definition) is 2. The van der Waals surface area contributed by atoms with E-state index in [1.54, 1.807) is 0 Å². The number of aromatic nitrogens is 1. The van der Waals surface area contributed by atoms with Crippen molar-refractivity contribution in [1.82, 2.24) is 15.0 Å². The highest BCUT2D eigenvalue weighted by Crippen LogP contribution is 2.23. The van der Waals surface area contributed by atoms with Gasteiger partial charge in [-0.15, -0.1) is 11.3 Å². The molecule has 1 aliphatic rings. The summed E-state index contributed by atoms with van der Waals surface area (Å²) in [7, 11) is 1.96. The van der Waals surface area contributed by atoms with Crippen molar-refractivity contribution in [1.29, 1.82) is 0 Å². The Morgan fingerprint density at radius 3 is 3.00 bits per heavy atom. The number of anilines is 1. The van der Waals surface area contributed by atoms with Crippen LogP contribution in [0.4, 0.5) is 5.69 Å². The van der Waals surface area contributed by atoms with Gasteiger partial charge in [0.15, 0.2) is 3.95 Å². The zero-order valence-corrected chi connectivity index (χ0v) is 13.5. The van der Waals surface area contributed by atoms with Crippen LogP contribution in [0.1, 0.15) is 12.8 Å². The molecule has 0 radical (unpaired) electrons. The van der Waals surface area contributed by atoms with Gasteiger partial charge in [-0.3, -0.25) is 4.79 Å². The van der Waals surface area contributed by atoms with Crippen LogP contribution in [0.5, 0.6) is 0 Å². The van der Waals surface area contributed by atoms with Gasteiger partial charge in [-0.25, -0.2) is 10.0 Å². The molecule has 1 amide bonds. The number of likely N-dealkylation sites (N-methyl/N-ethyl adjacent to an activating group) is 1. The minimum atomic E-state index is 0.00267. The topological polar surface area (TPSA) is 51.4 Å². The molecule has 112 valence electrons. The first kappa shape index (κ1) is 14.6. The highest BCUT2D eigenvalue weighted by Gasteiger charge is 2.18. The molecule has 0 atom stereocenters. The van der Waals surface area contributed by atoms with Crippen LogP contribution in [0.3, 0.4) is 0 Å². The molecule has 1 aromatic carbocycles. The number of H-pyrrole nitrogens is 1. The molecule has 3 rings (SSSR count). The predicted molar refractivity (Wildman–Crippen MR) is 89.1 cm³/mol. The van der Waals surface area contributed by atoms with E-state index in [2.05, 4.69) is 15.3 Å². The number of fused-ring (bicyclic) bond motifs is 1. The summed E-state index contributed by atoms with van der Waals surface area (Å²) in [6.45, 7) is 2.46. The zero-order chi connectivity index (χ0) is 14.8. The molecule has 0 bridgehead atoms. The Morgan fingerprint density at radius 1 is 1.48 bits per heavy atom. The van der Waals surface area contributed by atoms with Gasteiger partial charge >= 0.3 is 0 Å². The van der Waals surface area contributed by atoms with Crippen molar-refractivity contribution in [2.24, 2.45) is 0 Å². The van der Waals surface area contributed by atoms with Crippen molar-refractivity contribution in [2.45, 2.75) is 12.8 Å². The Labute approximate surface area is 132 Å². The van der Waals surface area contributed by atoms with Gasteiger partial charge < -0.3 is 10.3 Å². The summed E-state index contributed by atoms with van der Waals surface area (Å²) in [4.78, 5) is 15.2. The lowest BCUT2D eigenvalue weighted by molar-refractivity contribution is -0.120. The second-order valence-electron chi connectivity index (χ2n) is 5.25. The Morgan fingerprint density at radius 2 is 2.24 bits per heavy atom. The maximum Gasteiger partial charge on any atom is 0.240 e. The van der Waals surface area contributed by atoms with Crippen molar-refractivity contribution >= 4 is 45.4 Å². The molecule has 2 aromatic rings. The Balaban J connectivity index is 1.63. The summed E-state index contributed by atoms with van der Waals surface area (Å²) in [6, 6.07) is 5.80. The number of thiazole rings is 1. The number of rotatable bonds is 4. The zero-order valence-electron chi connectivity index (χ0n) is 11.9. The second kappa shape index (κ2) is 6.23. The second-order valence-corrected chi connectivity index (χ2v) is 6.97. The minimum Gasteiger partial charge on any atom is -0.337 e. The Kier molecular flexibility index (Phi) is 4.34. The van der Waals surface area contributed by atoms with E-state index in [4.69, 9.17) is 12.2 Å². The fourth-order valence-electron chi connectivity index (χ4n) is 2.57. The molecular formula is C14H18N4OS2. The molecule has 5 nitrogen and oxygen atoms in total. The van der Waals surface area contributed by atoms with Crippen LogP contribution in [0.2, 0.25) is 0 Å². The molecule has 1 fully saturated rings. The van der Waals surface area contributed by atoms with Crippen molar-refractivity contribution in [3.8, 4) is 0 Å². The van der Waals surface area contributed by atoms with Crippen LogP contribution in [-0.4, -0.2) is 47.6 Å². The van der Waals surface area contributed by atoms with Gasteiger partial charge in [-0.2, -0.15) is 0 Å². The predicted octanol–water partition coefficient (Wildman–Crippen LogP) is 2.84. The lowest BCUT2D eigenvalue weighted by atomic mass is 10.3. The van der Waals surface area contributed by atoms with E-state index in [1.807, 2.05) is 30.3 Å². The number of carbonyl (C=O) groups excluding carboxylic acids is 1. The Bertz CT molecular complexity index is 702. The van der Waals surface area contributed by atoms with Crippen LogP contribution in [0.25, 0.3) is 10.2 Å². The first-order valence-corrected chi connectivity index (χ1v) is 8.23. The molecule has 2 heterocycles. The van der Waals surface area contributed by atoms with Crippen molar-refractivity contribution in [3.05, 3.63) is 22.2 Å². The summed E-state index contributed by atoms with van der Waals surface area (Å²) < 4.78 is 1.81. The smallest absolute Gasteiger partial charge is 0.240 e. The summed E-state index contributed by atoms with van der Waals surface area (Å²) in [5.74, 6) is 0.00267. The van der Waals surface area contributed by atoms with E-state index in [-0.39, 0.29) is 5.91 Å². The van der Waals surface area contributed by atoms with E-state index in [0.717, 1.165) is 32.9 Å². The standard InChI is InChI=1S/C14H18N4OS2/c1-17(18-6-2-3-7-18)9-13(19)15-10-4-5-11-12(8-10)21-14(20)16-11/h4-5,8H,2-3,6-7,9H2,1H3,(H,15,19)(H,16,20). The molecule has 1 saturated heterocycles. The van der Waals surface area contributed by atoms with Gasteiger partial charge in [-0.05, 0) is 43.3 Å². The monoisotopic (exact) mass is 322 g/mol. The number of carbonyl (C=O) groups is 1. The molecule has 2 N–H and O–H groups in total. The quantitative estimate of drug-likeness (QED) is 0.850. The van der Waals surface area contributed by atoms with Gasteiger partial charge in [0.2, 0.25) is 5.91 Å². The number of amides is 1. The fraction of sp³-hybridized carbons (Fsp3) is 0.429. The third-order valence-corrected chi connectivity index (χ3v) is 4.84. The molecule has 0 unspecified atom stereocenters. The van der Waals surface area contributed by atoms with E-state index >= 15 is 0 Å². The van der Waals surface area contributed by atoms with Crippen LogP contribution in [-0.2, 0) is 4.79 Å². The number of hydrazine groups is 1. The van der Waals surface area contributed by atoms with Gasteiger partial charge in [0.05, 0.1) is 16.8 Å². The van der Waals surface area contributed by atoms with Crippen LogP contribution in [0, 0.1) is 3.95 Å². The van der Waals surface area contributed by atoms with E-state index < -0.39 is 0 Å². The normalized spacial score (nSPS) is 15.9. The number of benzene rings is 1. The lowest BCUT2D eigenvalue weighted by Crippen LogP contribution is -2.42. The highest BCUT2D eigenvalue weighted by atomic mass is 32.1. The molecule has 0 aliphatic carbocycles. The first-order chi connectivity index (χ1) is 10.1. The maximum atomic E-state index is 12.1. The van der Waals surface area contributed by atoms with Crippen LogP contribution in [0.15, 0.2) is 18.2 Å². The van der Waals surface area contributed by atoms with Crippen molar-refractivity contribution in [3.63, 3.8) is 0 Å². The number of nitrogens with zero attached hydrogens (tertiary/aromatic N) is 2. The Hall–Kier alpha value is -1.28. The number of aromatic amines is 1. The minimum absolute atomic E-state index is 0.00267. The summed E-state index contributed by atoms with van der Waals surface area (Å²) in [5, 5.41) is 7.17. The van der Waals surface area contributed by atoms with Crippen molar-refractivity contribution in [2.75, 3.05) is 32.0 Å². The van der Waals surface area contributed by atoms with E-state index in [0.29, 0.717) is 6.54 Å². The number of nitrogens with one attached hydrogen (secondary N) is 2. The van der Waals surface area contributed by atoms with Gasteiger partial charge in [0.1, 0.15) is 0 Å². The number of hydrogen-bond acceptors (Lipinski definition) is 5. The molecule has 7 heteroatoms. The van der Waals surface area contributed by atoms with Crippen LogP contribution < -0.4 is 5.32 Å². The van der Waals surface area contributed by atoms with E-state index in [9.17, 15) is 4.79 Å². The third-order valence-electron chi connectivity index (χ3n) is 3.64. The average molecular weight is 322 g/mol. The molecule has 21 heavy (non-hydrogen) atoms.